The molecule has 0 aliphatic carbocycles. The highest BCUT2D eigenvalue weighted by atomic mass is 19.1. The fraction of sp³-hybridized carbons (Fsp3) is 0.222. The normalized spacial score (nSPS) is 11.6. The van der Waals surface area contributed by atoms with Crippen LogP contribution in [0.2, 0.25) is 0 Å². The number of hydrogen-bond acceptors (Lipinski definition) is 3. The molecule has 1 N–H and O–H groups in total. The monoisotopic (exact) mass is 333 g/mol. The molecule has 6 heteroatoms. The van der Waals surface area contributed by atoms with Crippen LogP contribution in [0.3, 0.4) is 0 Å². The van der Waals surface area contributed by atoms with Crippen molar-refractivity contribution < 1.29 is 23.1 Å². The van der Waals surface area contributed by atoms with Gasteiger partial charge < -0.3 is 10.1 Å². The quantitative estimate of drug-likeness (QED) is 0.826. The molecule has 1 amide bonds. The molecule has 2 rings (SSSR count). The molecule has 2 aromatic rings. The van der Waals surface area contributed by atoms with E-state index in [2.05, 4.69) is 5.32 Å². The van der Waals surface area contributed by atoms with E-state index in [0.717, 1.165) is 0 Å². The second-order valence-corrected chi connectivity index (χ2v) is 5.28. The molecule has 24 heavy (non-hydrogen) atoms. The Morgan fingerprint density at radius 2 is 1.75 bits per heavy atom. The third kappa shape index (κ3) is 5.15. The lowest BCUT2D eigenvalue weighted by Crippen LogP contribution is -2.43. The molecule has 2 aromatic carbocycles. The van der Waals surface area contributed by atoms with Gasteiger partial charge in [-0.25, -0.2) is 13.6 Å². The van der Waals surface area contributed by atoms with Crippen LogP contribution in [-0.4, -0.2) is 25.0 Å². The number of nitrogens with one attached hydrogen (secondary N) is 1. The van der Waals surface area contributed by atoms with E-state index in [-0.39, 0.29) is 18.7 Å². The number of carbonyl (C=O) groups excluding carboxylic acids is 2. The van der Waals surface area contributed by atoms with E-state index in [1.807, 2.05) is 0 Å². The molecule has 0 aromatic heterocycles. The lowest BCUT2D eigenvalue weighted by molar-refractivity contribution is -0.145. The molecule has 126 valence electrons. The van der Waals surface area contributed by atoms with Crippen molar-refractivity contribution in [2.24, 2.45) is 0 Å². The van der Waals surface area contributed by atoms with E-state index in [9.17, 15) is 18.4 Å². The van der Waals surface area contributed by atoms with Crippen LogP contribution in [0, 0.1) is 11.6 Å². The molecule has 0 saturated heterocycles. The van der Waals surface area contributed by atoms with Gasteiger partial charge in [0.2, 0.25) is 5.91 Å². The number of rotatable bonds is 6. The Hall–Kier alpha value is -2.76. The van der Waals surface area contributed by atoms with Gasteiger partial charge in [-0.15, -0.1) is 0 Å². The van der Waals surface area contributed by atoms with Crippen molar-refractivity contribution in [2.75, 3.05) is 7.11 Å². The second kappa shape index (κ2) is 8.19. The molecule has 0 radical (unpaired) electrons. The van der Waals surface area contributed by atoms with E-state index >= 15 is 0 Å². The fourth-order valence-electron chi connectivity index (χ4n) is 2.27. The van der Waals surface area contributed by atoms with E-state index in [0.29, 0.717) is 11.1 Å². The van der Waals surface area contributed by atoms with Crippen LogP contribution in [0.15, 0.2) is 48.5 Å². The highest BCUT2D eigenvalue weighted by Gasteiger charge is 2.22. The Bertz CT molecular complexity index is 716. The largest absolute Gasteiger partial charge is 0.467 e. The van der Waals surface area contributed by atoms with E-state index in [1.54, 1.807) is 6.07 Å². The number of ether oxygens (including phenoxy) is 1. The second-order valence-electron chi connectivity index (χ2n) is 5.28. The minimum atomic E-state index is -0.901. The highest BCUT2D eigenvalue weighted by Crippen LogP contribution is 2.08. The minimum absolute atomic E-state index is 0.0608. The summed E-state index contributed by atoms with van der Waals surface area (Å²) in [6.45, 7) is 0. The van der Waals surface area contributed by atoms with Gasteiger partial charge in [-0.05, 0) is 35.4 Å². The summed E-state index contributed by atoms with van der Waals surface area (Å²) in [7, 11) is 1.22. The number of methoxy groups -OCH3 is 1. The van der Waals surface area contributed by atoms with Crippen LogP contribution < -0.4 is 5.32 Å². The number of benzene rings is 2. The van der Waals surface area contributed by atoms with Crippen LogP contribution >= 0.6 is 0 Å². The van der Waals surface area contributed by atoms with Gasteiger partial charge in [-0.1, -0.05) is 24.3 Å². The zero-order chi connectivity index (χ0) is 17.5. The maximum absolute atomic E-state index is 13.1. The summed E-state index contributed by atoms with van der Waals surface area (Å²) in [4.78, 5) is 24.0. The van der Waals surface area contributed by atoms with Crippen LogP contribution in [0.5, 0.6) is 0 Å². The van der Waals surface area contributed by atoms with Crippen molar-refractivity contribution in [3.8, 4) is 0 Å². The maximum Gasteiger partial charge on any atom is 0.328 e. The average Bonchev–Trinajstić information content (AvgIpc) is 2.55. The van der Waals surface area contributed by atoms with Gasteiger partial charge in [0.05, 0.1) is 13.5 Å². The predicted octanol–water partition coefficient (Wildman–Crippen LogP) is 2.41. The van der Waals surface area contributed by atoms with Gasteiger partial charge in [0.25, 0.3) is 0 Å². The first-order valence-electron chi connectivity index (χ1n) is 7.34. The van der Waals surface area contributed by atoms with E-state index < -0.39 is 23.7 Å². The van der Waals surface area contributed by atoms with Crippen molar-refractivity contribution in [3.05, 3.63) is 71.3 Å². The Morgan fingerprint density at radius 3 is 2.38 bits per heavy atom. The number of hydrogen-bond donors (Lipinski definition) is 1. The first kappa shape index (κ1) is 17.6. The van der Waals surface area contributed by atoms with Crippen molar-refractivity contribution in [2.45, 2.75) is 18.9 Å². The molecular formula is C18H17F2NO3. The average molecular weight is 333 g/mol. The Balaban J connectivity index is 2.03. The summed E-state index contributed by atoms with van der Waals surface area (Å²) in [6.07, 6.45) is 0.108. The summed E-state index contributed by atoms with van der Waals surface area (Å²) >= 11 is 0. The van der Waals surface area contributed by atoms with Gasteiger partial charge in [0.15, 0.2) is 0 Å². The predicted molar refractivity (Wildman–Crippen MR) is 84.2 cm³/mol. The topological polar surface area (TPSA) is 55.4 Å². The van der Waals surface area contributed by atoms with Crippen molar-refractivity contribution >= 4 is 11.9 Å². The summed E-state index contributed by atoms with van der Waals surface area (Å²) < 4.78 is 30.8. The summed E-state index contributed by atoms with van der Waals surface area (Å²) in [6, 6.07) is 10.4. The van der Waals surface area contributed by atoms with Crippen LogP contribution in [-0.2, 0) is 27.2 Å². The first-order valence-corrected chi connectivity index (χ1v) is 7.34. The van der Waals surface area contributed by atoms with Crippen LogP contribution in [0.25, 0.3) is 0 Å². The molecule has 0 aliphatic rings. The van der Waals surface area contributed by atoms with Crippen molar-refractivity contribution in [1.29, 1.82) is 0 Å². The smallest absolute Gasteiger partial charge is 0.328 e. The number of halogens is 2. The SMILES string of the molecule is COC(=O)[C@H](Cc1ccc(F)cc1)NC(=O)Cc1cccc(F)c1. The minimum Gasteiger partial charge on any atom is -0.467 e. The van der Waals surface area contributed by atoms with Gasteiger partial charge >= 0.3 is 5.97 Å². The van der Waals surface area contributed by atoms with Gasteiger partial charge in [0, 0.05) is 6.42 Å². The van der Waals surface area contributed by atoms with Gasteiger partial charge in [-0.2, -0.15) is 0 Å². The first-order chi connectivity index (χ1) is 11.5. The molecule has 0 aliphatic heterocycles. The molecule has 1 atom stereocenters. The standard InChI is InChI=1S/C18H17F2NO3/c1-24-18(23)16(10-12-5-7-14(19)8-6-12)21-17(22)11-13-3-2-4-15(20)9-13/h2-9,16H,10-11H2,1H3,(H,21,22)/t16-/m0/s1. The molecule has 0 bridgehead atoms. The Kier molecular flexibility index (Phi) is 6.01. The summed E-state index contributed by atoms with van der Waals surface area (Å²) in [5.74, 6) is -1.86. The fourth-order valence-corrected chi connectivity index (χ4v) is 2.27. The van der Waals surface area contributed by atoms with E-state index in [1.165, 1.54) is 49.6 Å². The van der Waals surface area contributed by atoms with Crippen molar-refractivity contribution in [1.82, 2.24) is 5.32 Å². The zero-order valence-corrected chi connectivity index (χ0v) is 13.1. The molecule has 0 saturated carbocycles. The summed E-state index contributed by atoms with van der Waals surface area (Å²) in [5.41, 5.74) is 1.18. The number of amides is 1. The maximum atomic E-state index is 13.1. The molecule has 4 nitrogen and oxygen atoms in total. The van der Waals surface area contributed by atoms with Crippen LogP contribution in [0.1, 0.15) is 11.1 Å². The van der Waals surface area contributed by atoms with Crippen LogP contribution in [0.4, 0.5) is 8.78 Å². The molecule has 0 heterocycles. The highest BCUT2D eigenvalue weighted by molar-refractivity contribution is 5.85. The number of esters is 1. The molecular weight excluding hydrogens is 316 g/mol. The summed E-state index contributed by atoms with van der Waals surface area (Å²) in [5, 5.41) is 2.57. The number of carbonyl (C=O) groups is 2. The lowest BCUT2D eigenvalue weighted by atomic mass is 10.1. The van der Waals surface area contributed by atoms with Gasteiger partial charge in [-0.3, -0.25) is 4.79 Å². The molecule has 0 unspecified atom stereocenters. The molecule has 0 fully saturated rings. The Labute approximate surface area is 138 Å². The van der Waals surface area contributed by atoms with E-state index in [4.69, 9.17) is 4.74 Å². The molecule has 0 spiro atoms. The van der Waals surface area contributed by atoms with Crippen molar-refractivity contribution in [3.63, 3.8) is 0 Å². The third-order valence-electron chi connectivity index (χ3n) is 3.43. The Morgan fingerprint density at radius 1 is 1.04 bits per heavy atom. The lowest BCUT2D eigenvalue weighted by Gasteiger charge is -2.16. The zero-order valence-electron chi connectivity index (χ0n) is 13.1. The van der Waals surface area contributed by atoms with Gasteiger partial charge in [0.1, 0.15) is 17.7 Å². The third-order valence-corrected chi connectivity index (χ3v) is 3.43.